The summed E-state index contributed by atoms with van der Waals surface area (Å²) in [5, 5.41) is 4.55. The number of methoxy groups -OCH3 is 1. The van der Waals surface area contributed by atoms with Crippen molar-refractivity contribution in [1.82, 2.24) is 10.3 Å². The second kappa shape index (κ2) is 4.91. The van der Waals surface area contributed by atoms with Gasteiger partial charge >= 0.3 is 6.03 Å². The Morgan fingerprint density at radius 2 is 2.06 bits per heavy atom. The number of carbonyl (C=O) groups excluding carboxylic acids is 1. The molecule has 1 aromatic heterocycles. The lowest BCUT2D eigenvalue weighted by molar-refractivity contribution is 0.246. The maximum Gasteiger partial charge on any atom is 0.312 e. The molecule has 5 nitrogen and oxygen atoms in total. The Hall–Kier alpha value is -2.30. The molecule has 0 aliphatic rings. The highest BCUT2D eigenvalue weighted by atomic mass is 16.5. The van der Waals surface area contributed by atoms with E-state index >= 15 is 0 Å². The van der Waals surface area contributed by atoms with E-state index < -0.39 is 6.03 Å². The summed E-state index contributed by atoms with van der Waals surface area (Å²) in [4.78, 5) is 15.1. The number of ether oxygens (including phenoxy) is 1. The van der Waals surface area contributed by atoms with Crippen LogP contribution < -0.4 is 15.8 Å². The highest BCUT2D eigenvalue weighted by molar-refractivity contribution is 5.90. The van der Waals surface area contributed by atoms with Crippen LogP contribution >= 0.6 is 0 Å². The number of fused-ring (bicyclic) bond motifs is 1. The molecule has 0 fully saturated rings. The number of primary amides is 1. The number of carbonyl (C=O) groups is 1. The molecular formula is C13H15N3O2. The van der Waals surface area contributed by atoms with E-state index in [0.717, 1.165) is 16.3 Å². The van der Waals surface area contributed by atoms with Crippen molar-refractivity contribution in [2.24, 2.45) is 5.73 Å². The van der Waals surface area contributed by atoms with Gasteiger partial charge in [-0.15, -0.1) is 0 Å². The molecule has 1 unspecified atom stereocenters. The third-order valence-corrected chi connectivity index (χ3v) is 2.81. The Bertz CT molecular complexity index is 583. The number of hydrogen-bond donors (Lipinski definition) is 2. The molecule has 5 heteroatoms. The standard InChI is InChI=1S/C13H15N3O2/c1-8(16-13(14)17)11-7-15-12(18-2)10-6-4-3-5-9(10)11/h3-8H,1-2H3,(H3,14,16,17). The van der Waals surface area contributed by atoms with Gasteiger partial charge in [-0.25, -0.2) is 9.78 Å². The number of amides is 2. The number of rotatable bonds is 3. The van der Waals surface area contributed by atoms with E-state index in [2.05, 4.69) is 10.3 Å². The summed E-state index contributed by atoms with van der Waals surface area (Å²) in [5.74, 6) is 0.570. The molecule has 0 aliphatic heterocycles. The van der Waals surface area contributed by atoms with E-state index in [4.69, 9.17) is 10.5 Å². The number of nitrogens with one attached hydrogen (secondary N) is 1. The van der Waals surface area contributed by atoms with Gasteiger partial charge in [-0.3, -0.25) is 0 Å². The van der Waals surface area contributed by atoms with Crippen molar-refractivity contribution in [3.63, 3.8) is 0 Å². The first-order valence-electron chi connectivity index (χ1n) is 5.61. The summed E-state index contributed by atoms with van der Waals surface area (Å²) in [5.41, 5.74) is 6.04. The van der Waals surface area contributed by atoms with Crippen LogP contribution in [0.15, 0.2) is 30.5 Å². The maximum atomic E-state index is 10.9. The van der Waals surface area contributed by atoms with Gasteiger partial charge in [-0.05, 0) is 18.4 Å². The lowest BCUT2D eigenvalue weighted by Crippen LogP contribution is -2.31. The molecule has 0 saturated heterocycles. The number of nitrogens with two attached hydrogens (primary N) is 1. The first kappa shape index (κ1) is 12.2. The zero-order chi connectivity index (χ0) is 13.1. The van der Waals surface area contributed by atoms with Crippen molar-refractivity contribution in [1.29, 1.82) is 0 Å². The number of nitrogens with zero attached hydrogens (tertiary/aromatic N) is 1. The number of benzene rings is 1. The van der Waals surface area contributed by atoms with E-state index in [1.165, 1.54) is 0 Å². The Morgan fingerprint density at radius 1 is 1.39 bits per heavy atom. The minimum Gasteiger partial charge on any atom is -0.481 e. The van der Waals surface area contributed by atoms with Gasteiger partial charge in [0.2, 0.25) is 5.88 Å². The van der Waals surface area contributed by atoms with Crippen LogP contribution in [0.3, 0.4) is 0 Å². The third-order valence-electron chi connectivity index (χ3n) is 2.81. The van der Waals surface area contributed by atoms with Gasteiger partial charge in [-0.1, -0.05) is 18.2 Å². The van der Waals surface area contributed by atoms with Gasteiger partial charge < -0.3 is 15.8 Å². The largest absolute Gasteiger partial charge is 0.481 e. The number of urea groups is 1. The summed E-state index contributed by atoms with van der Waals surface area (Å²) in [6.07, 6.45) is 1.70. The fraction of sp³-hybridized carbons (Fsp3) is 0.231. The van der Waals surface area contributed by atoms with Gasteiger partial charge in [-0.2, -0.15) is 0 Å². The van der Waals surface area contributed by atoms with Crippen LogP contribution in [0.5, 0.6) is 5.88 Å². The number of hydrogen-bond acceptors (Lipinski definition) is 3. The minimum absolute atomic E-state index is 0.203. The summed E-state index contributed by atoms with van der Waals surface area (Å²) in [7, 11) is 1.58. The molecule has 0 radical (unpaired) electrons. The summed E-state index contributed by atoms with van der Waals surface area (Å²) in [6.45, 7) is 1.86. The first-order chi connectivity index (χ1) is 8.63. The monoisotopic (exact) mass is 245 g/mol. The molecule has 2 rings (SSSR count). The van der Waals surface area contributed by atoms with Crippen LogP contribution in [0.1, 0.15) is 18.5 Å². The summed E-state index contributed by atoms with van der Waals surface area (Å²) < 4.78 is 5.22. The summed E-state index contributed by atoms with van der Waals surface area (Å²) in [6, 6.07) is 6.99. The Labute approximate surface area is 105 Å². The molecule has 18 heavy (non-hydrogen) atoms. The first-order valence-corrected chi connectivity index (χ1v) is 5.61. The fourth-order valence-electron chi connectivity index (χ4n) is 1.99. The average Bonchev–Trinajstić information content (AvgIpc) is 2.36. The molecule has 94 valence electrons. The van der Waals surface area contributed by atoms with E-state index in [1.807, 2.05) is 31.2 Å². The van der Waals surface area contributed by atoms with Crippen molar-refractivity contribution in [3.05, 3.63) is 36.0 Å². The topological polar surface area (TPSA) is 77.2 Å². The Kier molecular flexibility index (Phi) is 3.32. The highest BCUT2D eigenvalue weighted by Gasteiger charge is 2.13. The van der Waals surface area contributed by atoms with Gasteiger partial charge in [0.15, 0.2) is 0 Å². The SMILES string of the molecule is COc1ncc(C(C)NC(N)=O)c2ccccc12. The molecule has 0 aliphatic carbocycles. The van der Waals surface area contributed by atoms with Crippen LogP contribution in [-0.4, -0.2) is 18.1 Å². The van der Waals surface area contributed by atoms with E-state index in [1.54, 1.807) is 13.3 Å². The second-order valence-corrected chi connectivity index (χ2v) is 4.00. The van der Waals surface area contributed by atoms with Crippen molar-refractivity contribution < 1.29 is 9.53 Å². The fourth-order valence-corrected chi connectivity index (χ4v) is 1.99. The third kappa shape index (κ3) is 2.20. The maximum absolute atomic E-state index is 10.9. The molecule has 1 aromatic carbocycles. The lowest BCUT2D eigenvalue weighted by atomic mass is 10.0. The van der Waals surface area contributed by atoms with Crippen molar-refractivity contribution in [2.75, 3.05) is 7.11 Å². The molecule has 3 N–H and O–H groups in total. The molecule has 0 bridgehead atoms. The van der Waals surface area contributed by atoms with E-state index in [9.17, 15) is 4.79 Å². The zero-order valence-electron chi connectivity index (χ0n) is 10.3. The smallest absolute Gasteiger partial charge is 0.312 e. The molecule has 1 atom stereocenters. The van der Waals surface area contributed by atoms with Crippen LogP contribution in [0.4, 0.5) is 4.79 Å². The Balaban J connectivity index is 2.55. The predicted octanol–water partition coefficient (Wildman–Crippen LogP) is 1.97. The van der Waals surface area contributed by atoms with Gasteiger partial charge in [0.05, 0.1) is 13.2 Å². The van der Waals surface area contributed by atoms with Gasteiger partial charge in [0.1, 0.15) is 0 Å². The highest BCUT2D eigenvalue weighted by Crippen LogP contribution is 2.29. The van der Waals surface area contributed by atoms with Crippen LogP contribution in [-0.2, 0) is 0 Å². The molecule has 0 spiro atoms. The molecular weight excluding hydrogens is 230 g/mol. The van der Waals surface area contributed by atoms with Crippen LogP contribution in [0.2, 0.25) is 0 Å². The second-order valence-electron chi connectivity index (χ2n) is 4.00. The van der Waals surface area contributed by atoms with Crippen molar-refractivity contribution >= 4 is 16.8 Å². The quantitative estimate of drug-likeness (QED) is 0.867. The zero-order valence-corrected chi connectivity index (χ0v) is 10.3. The average molecular weight is 245 g/mol. The minimum atomic E-state index is -0.553. The van der Waals surface area contributed by atoms with Gasteiger partial charge in [0.25, 0.3) is 0 Å². The van der Waals surface area contributed by atoms with E-state index in [-0.39, 0.29) is 6.04 Å². The summed E-state index contributed by atoms with van der Waals surface area (Å²) >= 11 is 0. The normalized spacial score (nSPS) is 12.1. The van der Waals surface area contributed by atoms with Gasteiger partial charge in [0, 0.05) is 17.1 Å². The predicted molar refractivity (Wildman–Crippen MR) is 69.4 cm³/mol. The van der Waals surface area contributed by atoms with Crippen molar-refractivity contribution in [3.8, 4) is 5.88 Å². The molecule has 2 aromatic rings. The lowest BCUT2D eigenvalue weighted by Gasteiger charge is -2.15. The Morgan fingerprint density at radius 3 is 2.67 bits per heavy atom. The molecule has 1 heterocycles. The molecule has 2 amide bonds. The number of pyridine rings is 1. The van der Waals surface area contributed by atoms with Crippen LogP contribution in [0, 0.1) is 0 Å². The van der Waals surface area contributed by atoms with E-state index in [0.29, 0.717) is 5.88 Å². The molecule has 0 saturated carbocycles. The van der Waals surface area contributed by atoms with Crippen LogP contribution in [0.25, 0.3) is 10.8 Å². The van der Waals surface area contributed by atoms with Crippen molar-refractivity contribution in [2.45, 2.75) is 13.0 Å². The number of aromatic nitrogens is 1.